The van der Waals surface area contributed by atoms with Crippen molar-refractivity contribution < 1.29 is 4.74 Å². The molecule has 0 aliphatic carbocycles. The summed E-state index contributed by atoms with van der Waals surface area (Å²) in [6, 6.07) is 19.5. The van der Waals surface area contributed by atoms with Gasteiger partial charge < -0.3 is 19.9 Å². The van der Waals surface area contributed by atoms with E-state index in [0.717, 1.165) is 37.4 Å². The van der Waals surface area contributed by atoms with E-state index >= 15 is 0 Å². The normalized spacial score (nSPS) is 17.9. The highest BCUT2D eigenvalue weighted by Gasteiger charge is 2.22. The quantitative estimate of drug-likeness (QED) is 0.740. The van der Waals surface area contributed by atoms with Gasteiger partial charge in [-0.2, -0.15) is 0 Å². The molecule has 0 saturated carbocycles. The van der Waals surface area contributed by atoms with E-state index in [1.165, 1.54) is 27.4 Å². The molecule has 4 heteroatoms. The summed E-state index contributed by atoms with van der Waals surface area (Å²) in [5.74, 6) is 0.889. The Hall–Kier alpha value is -2.98. The average molecular weight is 371 g/mol. The fourth-order valence-corrected chi connectivity index (χ4v) is 4.30. The topological polar surface area (TPSA) is 40.3 Å². The lowest BCUT2D eigenvalue weighted by atomic mass is 9.95. The number of nitrogens with zero attached hydrogens (tertiary/aromatic N) is 1. The van der Waals surface area contributed by atoms with Crippen LogP contribution in [-0.4, -0.2) is 24.7 Å². The van der Waals surface area contributed by atoms with Gasteiger partial charge in [0.1, 0.15) is 5.75 Å². The fraction of sp³-hybridized carbons (Fsp3) is 0.250. The van der Waals surface area contributed by atoms with Crippen LogP contribution in [0.3, 0.4) is 0 Å². The highest BCUT2D eigenvalue weighted by molar-refractivity contribution is 5.65. The highest BCUT2D eigenvalue weighted by Crippen LogP contribution is 2.22. The zero-order chi connectivity index (χ0) is 18.9. The van der Waals surface area contributed by atoms with E-state index < -0.39 is 0 Å². The van der Waals surface area contributed by atoms with Crippen LogP contribution in [0.1, 0.15) is 16.8 Å². The number of aromatic nitrogens is 1. The third kappa shape index (κ3) is 3.20. The predicted octanol–water partition coefficient (Wildman–Crippen LogP) is 2.32. The Labute approximate surface area is 165 Å². The number of anilines is 1. The number of benzene rings is 2. The van der Waals surface area contributed by atoms with Crippen molar-refractivity contribution in [3.63, 3.8) is 0 Å². The Morgan fingerprint density at radius 3 is 2.86 bits per heavy atom. The molecule has 0 fully saturated rings. The van der Waals surface area contributed by atoms with Crippen LogP contribution in [0.5, 0.6) is 5.75 Å². The Morgan fingerprint density at radius 2 is 2.00 bits per heavy atom. The van der Waals surface area contributed by atoms with Gasteiger partial charge in [-0.15, -0.1) is 0 Å². The number of hydrogen-bond acceptors (Lipinski definition) is 3. The molecule has 0 amide bonds. The van der Waals surface area contributed by atoms with E-state index in [9.17, 15) is 0 Å². The van der Waals surface area contributed by atoms with Crippen molar-refractivity contribution in [2.24, 2.45) is 0 Å². The Morgan fingerprint density at radius 1 is 1.11 bits per heavy atom. The smallest absolute Gasteiger partial charge is 0.120 e. The van der Waals surface area contributed by atoms with E-state index in [1.807, 2.05) is 12.1 Å². The molecule has 1 atom stereocenters. The summed E-state index contributed by atoms with van der Waals surface area (Å²) in [6.45, 7) is 1.76. The van der Waals surface area contributed by atoms with E-state index in [2.05, 4.69) is 69.9 Å². The minimum absolute atomic E-state index is 0.468. The largest absolute Gasteiger partial charge is 0.497 e. The number of methoxy groups -OCH3 is 1. The zero-order valence-corrected chi connectivity index (χ0v) is 16.1. The maximum Gasteiger partial charge on any atom is 0.120 e. The number of rotatable bonds is 4. The van der Waals surface area contributed by atoms with Gasteiger partial charge in [0.2, 0.25) is 0 Å². The Kier molecular flexibility index (Phi) is 4.41. The highest BCUT2D eigenvalue weighted by atomic mass is 16.5. The van der Waals surface area contributed by atoms with Gasteiger partial charge in [-0.1, -0.05) is 36.4 Å². The number of ether oxygens (including phenoxy) is 1. The number of hydrogen-bond donors (Lipinski definition) is 2. The van der Waals surface area contributed by atoms with Crippen LogP contribution in [-0.2, 0) is 19.4 Å². The van der Waals surface area contributed by atoms with Crippen molar-refractivity contribution >= 4 is 18.0 Å². The number of fused-ring (bicyclic) bond motifs is 3. The first-order valence-electron chi connectivity index (χ1n) is 9.90. The van der Waals surface area contributed by atoms with E-state index in [1.54, 1.807) is 7.11 Å². The summed E-state index contributed by atoms with van der Waals surface area (Å²) in [6.07, 6.45) is 6.69. The van der Waals surface area contributed by atoms with Gasteiger partial charge in [0.05, 0.1) is 7.11 Å². The third-order valence-corrected chi connectivity index (χ3v) is 5.77. The van der Waals surface area contributed by atoms with E-state index in [-0.39, 0.29) is 0 Å². The number of aromatic amines is 1. The van der Waals surface area contributed by atoms with Gasteiger partial charge in [-0.05, 0) is 42.2 Å². The first-order valence-corrected chi connectivity index (χ1v) is 9.90. The molecule has 1 unspecified atom stereocenters. The lowest BCUT2D eigenvalue weighted by Gasteiger charge is -2.25. The van der Waals surface area contributed by atoms with Gasteiger partial charge in [0.15, 0.2) is 0 Å². The second-order valence-electron chi connectivity index (χ2n) is 7.57. The van der Waals surface area contributed by atoms with E-state index in [4.69, 9.17) is 4.74 Å². The third-order valence-electron chi connectivity index (χ3n) is 5.77. The minimum atomic E-state index is 0.468. The molecule has 5 rings (SSSR count). The van der Waals surface area contributed by atoms with Gasteiger partial charge >= 0.3 is 0 Å². The SMILES string of the molecule is COc1cccc(N2C=c3c4c([nH]c3=CC2)CNC(Cc2ccccc2)C4)c1. The molecule has 0 spiro atoms. The first-order chi connectivity index (χ1) is 13.8. The van der Waals surface area contributed by atoms with Crippen LogP contribution in [0.25, 0.3) is 12.3 Å². The van der Waals surface area contributed by atoms with Crippen LogP contribution in [0.2, 0.25) is 0 Å². The summed E-state index contributed by atoms with van der Waals surface area (Å²) in [5.41, 5.74) is 5.33. The molecular formula is C24H25N3O. The second-order valence-corrected chi connectivity index (χ2v) is 7.57. The second kappa shape index (κ2) is 7.21. The molecule has 4 nitrogen and oxygen atoms in total. The molecule has 2 N–H and O–H groups in total. The van der Waals surface area contributed by atoms with Crippen LogP contribution >= 0.6 is 0 Å². The lowest BCUT2D eigenvalue weighted by Crippen LogP contribution is -2.40. The van der Waals surface area contributed by atoms with Gasteiger partial charge in [-0.3, -0.25) is 0 Å². The van der Waals surface area contributed by atoms with E-state index in [0.29, 0.717) is 6.04 Å². The maximum atomic E-state index is 5.40. The number of H-pyrrole nitrogens is 1. The van der Waals surface area contributed by atoms with Crippen molar-refractivity contribution in [1.29, 1.82) is 0 Å². The fourth-order valence-electron chi connectivity index (χ4n) is 4.30. The van der Waals surface area contributed by atoms with Gasteiger partial charge in [-0.25, -0.2) is 0 Å². The Balaban J connectivity index is 1.45. The van der Waals surface area contributed by atoms with Crippen molar-refractivity contribution in [3.05, 3.63) is 82.0 Å². The lowest BCUT2D eigenvalue weighted by molar-refractivity contribution is 0.415. The average Bonchev–Trinajstić information content (AvgIpc) is 3.12. The van der Waals surface area contributed by atoms with Crippen LogP contribution in [0.4, 0.5) is 5.69 Å². The maximum absolute atomic E-state index is 5.40. The molecular weight excluding hydrogens is 346 g/mol. The molecule has 0 radical (unpaired) electrons. The number of nitrogens with one attached hydrogen (secondary N) is 2. The molecule has 2 aliphatic heterocycles. The summed E-state index contributed by atoms with van der Waals surface area (Å²) in [7, 11) is 1.71. The zero-order valence-electron chi connectivity index (χ0n) is 16.1. The molecule has 3 heterocycles. The molecule has 0 saturated heterocycles. The van der Waals surface area contributed by atoms with Crippen molar-refractivity contribution in [2.75, 3.05) is 18.6 Å². The van der Waals surface area contributed by atoms with Crippen LogP contribution in [0.15, 0.2) is 54.6 Å². The molecule has 3 aromatic rings. The standard InChI is InChI=1S/C24H25N3O/c1-28-20-9-5-8-19(14-20)27-11-10-23-22(16-27)21-13-18(25-15-24(21)26-23)12-17-6-3-2-4-7-17/h2-10,14,16,18,25-26H,11-13,15H2,1H3. The molecule has 0 bridgehead atoms. The molecule has 2 aromatic carbocycles. The monoisotopic (exact) mass is 371 g/mol. The summed E-state index contributed by atoms with van der Waals surface area (Å²) >= 11 is 0. The Bertz CT molecular complexity index is 1100. The molecule has 28 heavy (non-hydrogen) atoms. The first kappa shape index (κ1) is 17.1. The van der Waals surface area contributed by atoms with Crippen molar-refractivity contribution in [2.45, 2.75) is 25.4 Å². The molecule has 142 valence electrons. The summed E-state index contributed by atoms with van der Waals surface area (Å²) in [4.78, 5) is 5.93. The summed E-state index contributed by atoms with van der Waals surface area (Å²) < 4.78 is 5.40. The van der Waals surface area contributed by atoms with Crippen LogP contribution in [0, 0.1) is 0 Å². The van der Waals surface area contributed by atoms with Crippen molar-refractivity contribution in [3.8, 4) is 5.75 Å². The summed E-state index contributed by atoms with van der Waals surface area (Å²) in [5, 5.41) is 6.29. The van der Waals surface area contributed by atoms with Gasteiger partial charge in [0, 0.05) is 53.3 Å². The molecule has 1 aromatic heterocycles. The van der Waals surface area contributed by atoms with Crippen LogP contribution < -0.4 is 25.5 Å². The minimum Gasteiger partial charge on any atom is -0.497 e. The van der Waals surface area contributed by atoms with Crippen molar-refractivity contribution in [1.82, 2.24) is 10.3 Å². The predicted molar refractivity (Wildman–Crippen MR) is 114 cm³/mol. The van der Waals surface area contributed by atoms with Gasteiger partial charge in [0.25, 0.3) is 0 Å². The molecule has 2 aliphatic rings.